The first-order chi connectivity index (χ1) is 8.06. The molecular weight excluding hydrogens is 262 g/mol. The van der Waals surface area contributed by atoms with E-state index in [1.807, 2.05) is 13.8 Å². The van der Waals surface area contributed by atoms with Crippen molar-refractivity contribution in [2.45, 2.75) is 31.7 Å². The molecule has 7 heteroatoms. The Morgan fingerprint density at radius 1 is 1.47 bits per heavy atom. The minimum absolute atomic E-state index is 0.158. The molecule has 1 N–H and O–H groups in total. The molecule has 0 saturated heterocycles. The Balaban J connectivity index is 2.91. The van der Waals surface area contributed by atoms with Crippen molar-refractivity contribution in [3.8, 4) is 0 Å². The van der Waals surface area contributed by atoms with E-state index in [1.54, 1.807) is 0 Å². The fourth-order valence-corrected chi connectivity index (χ4v) is 3.02. The molecule has 5 nitrogen and oxygen atoms in total. The van der Waals surface area contributed by atoms with Crippen molar-refractivity contribution in [2.24, 2.45) is 0 Å². The third-order valence-corrected chi connectivity index (χ3v) is 4.60. The van der Waals surface area contributed by atoms with E-state index in [0.29, 0.717) is 37.6 Å². The van der Waals surface area contributed by atoms with E-state index in [2.05, 4.69) is 9.97 Å². The second kappa shape index (κ2) is 6.37. The van der Waals surface area contributed by atoms with Gasteiger partial charge in [0, 0.05) is 25.4 Å². The van der Waals surface area contributed by atoms with Crippen molar-refractivity contribution in [2.75, 3.05) is 19.0 Å². The van der Waals surface area contributed by atoms with Crippen LogP contribution in [0.25, 0.3) is 0 Å². The molecule has 0 atom stereocenters. The topological polar surface area (TPSA) is 66.1 Å². The highest BCUT2D eigenvalue weighted by Crippen LogP contribution is 2.14. The average Bonchev–Trinajstić information content (AvgIpc) is 2.79. The van der Waals surface area contributed by atoms with Crippen molar-refractivity contribution in [1.82, 2.24) is 14.3 Å². The van der Waals surface area contributed by atoms with Gasteiger partial charge in [-0.3, -0.25) is 0 Å². The van der Waals surface area contributed by atoms with Crippen molar-refractivity contribution >= 4 is 21.6 Å². The van der Waals surface area contributed by atoms with Crippen LogP contribution in [-0.4, -0.2) is 41.7 Å². The van der Waals surface area contributed by atoms with Gasteiger partial charge >= 0.3 is 0 Å². The maximum absolute atomic E-state index is 12.2. The third-order valence-electron chi connectivity index (χ3n) is 2.45. The summed E-state index contributed by atoms with van der Waals surface area (Å²) in [6, 6.07) is 0. The molecule has 0 aliphatic carbocycles. The van der Waals surface area contributed by atoms with Gasteiger partial charge in [-0.05, 0) is 6.42 Å². The van der Waals surface area contributed by atoms with Crippen LogP contribution in [0.1, 0.15) is 26.1 Å². The van der Waals surface area contributed by atoms with Gasteiger partial charge in [0.05, 0.1) is 6.20 Å². The molecule has 0 saturated carbocycles. The summed E-state index contributed by atoms with van der Waals surface area (Å²) in [7, 11) is -3.46. The molecule has 98 valence electrons. The Hall–Kier alpha value is -0.590. The monoisotopic (exact) mass is 279 g/mol. The number of halogens is 1. The molecule has 1 rings (SSSR count). The van der Waals surface area contributed by atoms with Crippen molar-refractivity contribution in [3.05, 3.63) is 12.0 Å². The number of hydrogen-bond donors (Lipinski definition) is 1. The summed E-state index contributed by atoms with van der Waals surface area (Å²) < 4.78 is 25.8. The van der Waals surface area contributed by atoms with Crippen LogP contribution in [0.15, 0.2) is 11.2 Å². The molecule has 0 unspecified atom stereocenters. The predicted octanol–water partition coefficient (Wildman–Crippen LogP) is 1.61. The van der Waals surface area contributed by atoms with Crippen LogP contribution in [0.3, 0.4) is 0 Å². The second-order valence-corrected chi connectivity index (χ2v) is 5.87. The largest absolute Gasteiger partial charge is 0.332 e. The summed E-state index contributed by atoms with van der Waals surface area (Å²) in [6.45, 7) is 4.59. The number of hydrogen-bond acceptors (Lipinski definition) is 3. The van der Waals surface area contributed by atoms with Crippen LogP contribution >= 0.6 is 11.6 Å². The van der Waals surface area contributed by atoms with Crippen LogP contribution < -0.4 is 0 Å². The van der Waals surface area contributed by atoms with Gasteiger partial charge in [0.15, 0.2) is 5.03 Å². The maximum Gasteiger partial charge on any atom is 0.260 e. The molecule has 0 amide bonds. The summed E-state index contributed by atoms with van der Waals surface area (Å²) in [5.41, 5.74) is 0. The smallest absolute Gasteiger partial charge is 0.260 e. The Labute approximate surface area is 107 Å². The number of H-pyrrole nitrogens is 1. The van der Waals surface area contributed by atoms with Gasteiger partial charge in [-0.25, -0.2) is 13.4 Å². The summed E-state index contributed by atoms with van der Waals surface area (Å²) >= 11 is 5.58. The lowest BCUT2D eigenvalue weighted by molar-refractivity contribution is 0.426. The van der Waals surface area contributed by atoms with Crippen molar-refractivity contribution in [3.63, 3.8) is 0 Å². The summed E-state index contributed by atoms with van der Waals surface area (Å²) in [5, 5.41) is 0.158. The number of nitrogens with one attached hydrogen (secondary N) is 1. The van der Waals surface area contributed by atoms with E-state index in [-0.39, 0.29) is 5.03 Å². The SMILES string of the molecule is CCc1ncc(S(=O)(=O)N(CC)CCCCl)[nH]1. The molecule has 0 radical (unpaired) electrons. The lowest BCUT2D eigenvalue weighted by Gasteiger charge is -2.18. The highest BCUT2D eigenvalue weighted by molar-refractivity contribution is 7.89. The lowest BCUT2D eigenvalue weighted by Crippen LogP contribution is -2.32. The van der Waals surface area contributed by atoms with Crippen LogP contribution in [0.4, 0.5) is 0 Å². The second-order valence-electron chi connectivity index (χ2n) is 3.59. The zero-order valence-electron chi connectivity index (χ0n) is 10.1. The number of aromatic nitrogens is 2. The number of imidazole rings is 1. The average molecular weight is 280 g/mol. The summed E-state index contributed by atoms with van der Waals surface area (Å²) in [5.74, 6) is 1.13. The minimum Gasteiger partial charge on any atom is -0.332 e. The Morgan fingerprint density at radius 2 is 2.18 bits per heavy atom. The van der Waals surface area contributed by atoms with Gasteiger partial charge in [-0.15, -0.1) is 11.6 Å². The van der Waals surface area contributed by atoms with E-state index < -0.39 is 10.0 Å². The Bertz CT molecular complexity index is 444. The number of sulfonamides is 1. The molecule has 0 aromatic carbocycles. The fraction of sp³-hybridized carbons (Fsp3) is 0.700. The number of aromatic amines is 1. The van der Waals surface area contributed by atoms with Gasteiger partial charge < -0.3 is 4.98 Å². The fourth-order valence-electron chi connectivity index (χ4n) is 1.48. The molecule has 1 aromatic rings. The standard InChI is InChI=1S/C10H18ClN3O2S/c1-3-9-12-8-10(13-9)17(15,16)14(4-2)7-5-6-11/h8H,3-7H2,1-2H3,(H,12,13). The van der Waals surface area contributed by atoms with E-state index in [4.69, 9.17) is 11.6 Å². The molecule has 17 heavy (non-hydrogen) atoms. The molecule has 1 aromatic heterocycles. The van der Waals surface area contributed by atoms with Gasteiger partial charge in [-0.1, -0.05) is 13.8 Å². The third kappa shape index (κ3) is 3.43. The predicted molar refractivity (Wildman–Crippen MR) is 67.7 cm³/mol. The zero-order chi connectivity index (χ0) is 12.9. The van der Waals surface area contributed by atoms with E-state index >= 15 is 0 Å². The minimum atomic E-state index is -3.46. The molecular formula is C10H18ClN3O2S. The van der Waals surface area contributed by atoms with Gasteiger partial charge in [0.2, 0.25) is 0 Å². The normalized spacial score (nSPS) is 12.2. The molecule has 0 bridgehead atoms. The van der Waals surface area contributed by atoms with E-state index in [9.17, 15) is 8.42 Å². The van der Waals surface area contributed by atoms with Gasteiger partial charge in [0.25, 0.3) is 10.0 Å². The number of nitrogens with zero attached hydrogens (tertiary/aromatic N) is 2. The quantitative estimate of drug-likeness (QED) is 0.771. The highest BCUT2D eigenvalue weighted by atomic mass is 35.5. The highest BCUT2D eigenvalue weighted by Gasteiger charge is 2.24. The molecule has 0 fully saturated rings. The van der Waals surface area contributed by atoms with E-state index in [1.165, 1.54) is 10.5 Å². The first-order valence-corrected chi connectivity index (χ1v) is 7.63. The first-order valence-electron chi connectivity index (χ1n) is 5.66. The lowest BCUT2D eigenvalue weighted by atomic mass is 10.5. The summed E-state index contributed by atoms with van der Waals surface area (Å²) in [6.07, 6.45) is 2.70. The molecule has 1 heterocycles. The first kappa shape index (κ1) is 14.5. The van der Waals surface area contributed by atoms with Crippen LogP contribution in [0.2, 0.25) is 0 Å². The van der Waals surface area contributed by atoms with Crippen LogP contribution in [-0.2, 0) is 16.4 Å². The maximum atomic E-state index is 12.2. The number of aryl methyl sites for hydroxylation is 1. The number of rotatable bonds is 7. The summed E-state index contributed by atoms with van der Waals surface area (Å²) in [4.78, 5) is 6.83. The van der Waals surface area contributed by atoms with Crippen LogP contribution in [0, 0.1) is 0 Å². The van der Waals surface area contributed by atoms with E-state index in [0.717, 1.165) is 0 Å². The zero-order valence-corrected chi connectivity index (χ0v) is 11.7. The van der Waals surface area contributed by atoms with Crippen molar-refractivity contribution in [1.29, 1.82) is 0 Å². The van der Waals surface area contributed by atoms with Gasteiger partial charge in [-0.2, -0.15) is 4.31 Å². The van der Waals surface area contributed by atoms with Gasteiger partial charge in [0.1, 0.15) is 5.82 Å². The Morgan fingerprint density at radius 3 is 2.65 bits per heavy atom. The van der Waals surface area contributed by atoms with Crippen LogP contribution in [0.5, 0.6) is 0 Å². The Kier molecular flexibility index (Phi) is 5.42. The molecule has 0 aliphatic rings. The molecule has 0 spiro atoms. The number of alkyl halides is 1. The molecule has 0 aliphatic heterocycles. The van der Waals surface area contributed by atoms with Crippen molar-refractivity contribution < 1.29 is 8.42 Å².